The average Bonchev–Trinajstić information content (AvgIpc) is 3.66. The number of aromatic nitrogens is 3. The van der Waals surface area contributed by atoms with Crippen molar-refractivity contribution in [3.8, 4) is 22.8 Å². The fraction of sp³-hybridized carbons (Fsp3) is 0.333. The summed E-state index contributed by atoms with van der Waals surface area (Å²) < 4.78 is 42.7. The van der Waals surface area contributed by atoms with E-state index in [-0.39, 0.29) is 17.2 Å². The maximum absolute atomic E-state index is 12.9. The van der Waals surface area contributed by atoms with Crippen LogP contribution in [-0.4, -0.2) is 51.2 Å². The Morgan fingerprint density at radius 2 is 1.76 bits per heavy atom. The molecule has 0 aliphatic carbocycles. The van der Waals surface area contributed by atoms with Crippen molar-refractivity contribution in [2.75, 3.05) is 23.7 Å². The molecule has 0 unspecified atom stereocenters. The van der Waals surface area contributed by atoms with Crippen LogP contribution < -0.4 is 15.0 Å². The molecule has 4 aromatic rings. The molecule has 1 aliphatic rings. The molecule has 0 bridgehead atoms. The molecule has 0 saturated carbocycles. The number of hydrogen-bond donors (Lipinski definition) is 1. The first-order valence-corrected chi connectivity index (χ1v) is 15.6. The van der Waals surface area contributed by atoms with Crippen LogP contribution in [0.25, 0.3) is 17.1 Å². The Balaban J connectivity index is 1.17. The zero-order valence-electron chi connectivity index (χ0n) is 25.5. The number of carbonyl (C=O) groups is 1. The van der Waals surface area contributed by atoms with Gasteiger partial charge in [-0.3, -0.25) is 0 Å². The molecule has 1 aromatic heterocycles. The number of carbonyl (C=O) groups excluding carboxylic acids is 1. The lowest BCUT2D eigenvalue weighted by Gasteiger charge is -2.25. The van der Waals surface area contributed by atoms with E-state index in [2.05, 4.69) is 69.9 Å². The van der Waals surface area contributed by atoms with Crippen molar-refractivity contribution in [2.24, 2.45) is 10.4 Å². The van der Waals surface area contributed by atoms with Gasteiger partial charge in [-0.05, 0) is 59.2 Å². The SMILES string of the molecule is CC(C)c1ccccc1N1CCSC1=NC(=O)NCC(C)(C)Cc1ccc(-c2ncn(-c3ccc(OC(F)(F)F)cc3)n2)cc1. The molecular formula is C33H35F3N6O2S. The highest BCUT2D eigenvalue weighted by molar-refractivity contribution is 8.14. The highest BCUT2D eigenvalue weighted by atomic mass is 32.2. The molecule has 8 nitrogen and oxygen atoms in total. The van der Waals surface area contributed by atoms with Crippen LogP contribution in [-0.2, 0) is 6.42 Å². The van der Waals surface area contributed by atoms with Crippen LogP contribution in [0.15, 0.2) is 84.1 Å². The van der Waals surface area contributed by atoms with Gasteiger partial charge in [0.25, 0.3) is 0 Å². The van der Waals surface area contributed by atoms with Gasteiger partial charge < -0.3 is 15.0 Å². The van der Waals surface area contributed by atoms with Gasteiger partial charge >= 0.3 is 12.4 Å². The number of ether oxygens (including phenoxy) is 1. The summed E-state index contributed by atoms with van der Waals surface area (Å²) in [7, 11) is 0. The summed E-state index contributed by atoms with van der Waals surface area (Å²) in [6.45, 7) is 9.79. The van der Waals surface area contributed by atoms with E-state index >= 15 is 0 Å². The van der Waals surface area contributed by atoms with Crippen LogP contribution in [0, 0.1) is 5.41 Å². The number of benzene rings is 3. The standard InChI is InChI=1S/C33H35F3N6O2S/c1-22(2)27-7-5-6-8-28(27)41-17-18-45-31(41)39-30(43)37-20-32(3,4)19-23-9-11-24(12-10-23)29-38-21-42(40-29)25-13-15-26(16-14-25)44-33(34,35)36/h5-16,21-22H,17-20H2,1-4H3,(H,37,43). The number of alkyl halides is 3. The third kappa shape index (κ3) is 8.44. The number of hydrogen-bond acceptors (Lipinski definition) is 5. The highest BCUT2D eigenvalue weighted by Gasteiger charge is 2.31. The van der Waals surface area contributed by atoms with Crippen molar-refractivity contribution in [1.82, 2.24) is 20.1 Å². The molecule has 1 saturated heterocycles. The monoisotopic (exact) mass is 636 g/mol. The summed E-state index contributed by atoms with van der Waals surface area (Å²) in [6.07, 6.45) is -2.52. The molecule has 5 rings (SSSR count). The third-order valence-electron chi connectivity index (χ3n) is 7.26. The number of nitrogens with one attached hydrogen (secondary N) is 1. The molecule has 236 valence electrons. The second-order valence-corrected chi connectivity index (χ2v) is 12.9. The summed E-state index contributed by atoms with van der Waals surface area (Å²) in [5, 5.41) is 8.18. The molecule has 1 aliphatic heterocycles. The fourth-order valence-electron chi connectivity index (χ4n) is 5.09. The number of urea groups is 1. The minimum Gasteiger partial charge on any atom is -0.406 e. The van der Waals surface area contributed by atoms with Gasteiger partial charge in [0.15, 0.2) is 11.0 Å². The number of nitrogens with zero attached hydrogens (tertiary/aromatic N) is 5. The smallest absolute Gasteiger partial charge is 0.406 e. The first kappa shape index (κ1) is 32.1. The van der Waals surface area contributed by atoms with E-state index in [0.717, 1.165) is 40.7 Å². The van der Waals surface area contributed by atoms with E-state index < -0.39 is 6.36 Å². The van der Waals surface area contributed by atoms with E-state index in [4.69, 9.17) is 0 Å². The lowest BCUT2D eigenvalue weighted by atomic mass is 9.85. The molecule has 0 spiro atoms. The van der Waals surface area contributed by atoms with Crippen LogP contribution in [0.4, 0.5) is 23.7 Å². The molecule has 2 heterocycles. The topological polar surface area (TPSA) is 84.6 Å². The normalized spacial score (nSPS) is 14.8. The first-order valence-electron chi connectivity index (χ1n) is 14.6. The predicted molar refractivity (Wildman–Crippen MR) is 172 cm³/mol. The Bertz CT molecular complexity index is 1650. The van der Waals surface area contributed by atoms with Gasteiger partial charge in [-0.25, -0.2) is 14.5 Å². The number of thioether (sulfide) groups is 1. The molecule has 12 heteroatoms. The van der Waals surface area contributed by atoms with Crippen molar-refractivity contribution in [3.05, 3.63) is 90.3 Å². The van der Waals surface area contributed by atoms with Crippen molar-refractivity contribution in [1.29, 1.82) is 0 Å². The molecule has 0 radical (unpaired) electrons. The molecule has 1 fully saturated rings. The summed E-state index contributed by atoms with van der Waals surface area (Å²) >= 11 is 1.59. The minimum absolute atomic E-state index is 0.230. The van der Waals surface area contributed by atoms with Gasteiger partial charge in [-0.1, -0.05) is 81.9 Å². The number of amidine groups is 1. The van der Waals surface area contributed by atoms with Gasteiger partial charge in [-0.15, -0.1) is 18.3 Å². The molecule has 3 aromatic carbocycles. The van der Waals surface area contributed by atoms with Gasteiger partial charge in [0.2, 0.25) is 0 Å². The number of aliphatic imine (C=N–C) groups is 1. The second-order valence-electron chi connectivity index (χ2n) is 11.9. The van der Waals surface area contributed by atoms with E-state index in [9.17, 15) is 18.0 Å². The Morgan fingerprint density at radius 3 is 2.44 bits per heavy atom. The number of halogens is 3. The Hall–Kier alpha value is -4.32. The highest BCUT2D eigenvalue weighted by Crippen LogP contribution is 2.32. The zero-order valence-corrected chi connectivity index (χ0v) is 26.3. The van der Waals surface area contributed by atoms with Crippen LogP contribution in [0.2, 0.25) is 0 Å². The maximum Gasteiger partial charge on any atom is 0.573 e. The summed E-state index contributed by atoms with van der Waals surface area (Å²) in [5.41, 5.74) is 4.54. The van der Waals surface area contributed by atoms with Crippen LogP contribution in [0.1, 0.15) is 44.7 Å². The molecule has 2 amide bonds. The van der Waals surface area contributed by atoms with Crippen LogP contribution in [0.3, 0.4) is 0 Å². The van der Waals surface area contributed by atoms with Crippen molar-refractivity contribution in [3.63, 3.8) is 0 Å². The van der Waals surface area contributed by atoms with Crippen LogP contribution in [0.5, 0.6) is 5.75 Å². The Morgan fingerprint density at radius 1 is 1.04 bits per heavy atom. The van der Waals surface area contributed by atoms with Crippen molar-refractivity contribution < 1.29 is 22.7 Å². The molecular weight excluding hydrogens is 601 g/mol. The van der Waals surface area contributed by atoms with Gasteiger partial charge in [0.1, 0.15) is 12.1 Å². The largest absolute Gasteiger partial charge is 0.573 e. The second kappa shape index (κ2) is 13.4. The quantitative estimate of drug-likeness (QED) is 0.202. The number of rotatable bonds is 9. The summed E-state index contributed by atoms with van der Waals surface area (Å²) in [4.78, 5) is 23.8. The zero-order chi connectivity index (χ0) is 32.2. The third-order valence-corrected chi connectivity index (χ3v) is 8.22. The van der Waals surface area contributed by atoms with Crippen LogP contribution >= 0.6 is 11.8 Å². The lowest BCUT2D eigenvalue weighted by molar-refractivity contribution is -0.274. The molecule has 45 heavy (non-hydrogen) atoms. The Labute approximate surface area is 264 Å². The summed E-state index contributed by atoms with van der Waals surface area (Å²) in [6, 6.07) is 21.2. The van der Waals surface area contributed by atoms with E-state index in [1.165, 1.54) is 40.8 Å². The number of amides is 2. The summed E-state index contributed by atoms with van der Waals surface area (Å²) in [5.74, 6) is 1.42. The van der Waals surface area contributed by atoms with Gasteiger partial charge in [0.05, 0.1) is 5.69 Å². The van der Waals surface area contributed by atoms with E-state index in [1.54, 1.807) is 11.8 Å². The maximum atomic E-state index is 12.9. The van der Waals surface area contributed by atoms with E-state index in [0.29, 0.717) is 24.0 Å². The predicted octanol–water partition coefficient (Wildman–Crippen LogP) is 7.84. The first-order chi connectivity index (χ1) is 21.4. The average molecular weight is 637 g/mol. The van der Waals surface area contributed by atoms with Gasteiger partial charge in [-0.2, -0.15) is 4.99 Å². The van der Waals surface area contributed by atoms with E-state index in [1.807, 2.05) is 36.4 Å². The minimum atomic E-state index is -4.75. The molecule has 1 N–H and O–H groups in total. The van der Waals surface area contributed by atoms with Crippen molar-refractivity contribution >= 4 is 28.6 Å². The number of anilines is 1. The number of para-hydroxylation sites is 1. The molecule has 0 atom stereocenters. The Kier molecular flexibility index (Phi) is 9.52. The fourth-order valence-corrected chi connectivity index (χ4v) is 6.04. The van der Waals surface area contributed by atoms with Gasteiger partial charge in [0, 0.05) is 30.1 Å². The van der Waals surface area contributed by atoms with Crippen molar-refractivity contribution in [2.45, 2.75) is 46.4 Å². The lowest BCUT2D eigenvalue weighted by Crippen LogP contribution is -2.35.